The minimum absolute atomic E-state index is 0.0105. The molecule has 2 aliphatic rings. The molecule has 1 aromatic carbocycles. The van der Waals surface area contributed by atoms with Gasteiger partial charge in [0.15, 0.2) is 5.82 Å². The normalized spacial score (nSPS) is 22.8. The van der Waals surface area contributed by atoms with Gasteiger partial charge in [-0.25, -0.2) is 9.18 Å². The van der Waals surface area contributed by atoms with Gasteiger partial charge in [0.25, 0.3) is 0 Å². The van der Waals surface area contributed by atoms with Crippen LogP contribution in [0, 0.1) is 5.82 Å². The van der Waals surface area contributed by atoms with Gasteiger partial charge in [-0.3, -0.25) is 4.90 Å². The SMILES string of the molecule is O=C(Nc1cccc(Cl)c1F)N1CCN(C2CCNC2)CC1. The summed E-state index contributed by atoms with van der Waals surface area (Å²) in [4.78, 5) is 16.4. The van der Waals surface area contributed by atoms with Gasteiger partial charge in [0.05, 0.1) is 10.7 Å². The van der Waals surface area contributed by atoms with Crippen molar-refractivity contribution in [3.8, 4) is 0 Å². The van der Waals surface area contributed by atoms with Crippen molar-refractivity contribution in [3.63, 3.8) is 0 Å². The van der Waals surface area contributed by atoms with E-state index in [1.165, 1.54) is 18.6 Å². The maximum atomic E-state index is 13.8. The number of nitrogens with one attached hydrogen (secondary N) is 2. The predicted octanol–water partition coefficient (Wildman–Crippen LogP) is 1.99. The molecular formula is C15H20ClFN4O. The van der Waals surface area contributed by atoms with Crippen molar-refractivity contribution in [1.82, 2.24) is 15.1 Å². The van der Waals surface area contributed by atoms with Crippen LogP contribution in [0.15, 0.2) is 18.2 Å². The second kappa shape index (κ2) is 6.81. The summed E-state index contributed by atoms with van der Waals surface area (Å²) < 4.78 is 13.8. The Kier molecular flexibility index (Phi) is 4.81. The second-order valence-electron chi connectivity index (χ2n) is 5.70. The third-order valence-electron chi connectivity index (χ3n) is 4.35. The topological polar surface area (TPSA) is 47.6 Å². The maximum Gasteiger partial charge on any atom is 0.322 e. The van der Waals surface area contributed by atoms with Crippen LogP contribution in [0.5, 0.6) is 0 Å². The lowest BCUT2D eigenvalue weighted by Gasteiger charge is -2.37. The van der Waals surface area contributed by atoms with Gasteiger partial charge >= 0.3 is 6.03 Å². The number of piperazine rings is 1. The third-order valence-corrected chi connectivity index (χ3v) is 4.64. The molecule has 2 saturated heterocycles. The number of nitrogens with zero attached hydrogens (tertiary/aromatic N) is 2. The highest BCUT2D eigenvalue weighted by Crippen LogP contribution is 2.22. The van der Waals surface area contributed by atoms with E-state index < -0.39 is 5.82 Å². The van der Waals surface area contributed by atoms with E-state index in [4.69, 9.17) is 11.6 Å². The fraction of sp³-hybridized carbons (Fsp3) is 0.533. The lowest BCUT2D eigenvalue weighted by Crippen LogP contribution is -2.53. The lowest BCUT2D eigenvalue weighted by atomic mass is 10.2. The van der Waals surface area contributed by atoms with Crippen LogP contribution >= 0.6 is 11.6 Å². The van der Waals surface area contributed by atoms with Crippen LogP contribution in [0.1, 0.15) is 6.42 Å². The average molecular weight is 327 g/mol. The van der Waals surface area contributed by atoms with Crippen molar-refractivity contribution in [3.05, 3.63) is 29.0 Å². The molecule has 0 aliphatic carbocycles. The summed E-state index contributed by atoms with van der Waals surface area (Å²) in [6.45, 7) is 5.13. The highest BCUT2D eigenvalue weighted by molar-refractivity contribution is 6.31. The van der Waals surface area contributed by atoms with E-state index >= 15 is 0 Å². The van der Waals surface area contributed by atoms with Crippen molar-refractivity contribution in [2.75, 3.05) is 44.6 Å². The molecule has 0 saturated carbocycles. The van der Waals surface area contributed by atoms with E-state index in [-0.39, 0.29) is 16.7 Å². The third kappa shape index (κ3) is 3.34. The zero-order chi connectivity index (χ0) is 15.5. The summed E-state index contributed by atoms with van der Waals surface area (Å²) >= 11 is 5.72. The largest absolute Gasteiger partial charge is 0.322 e. The van der Waals surface area contributed by atoms with Crippen LogP contribution in [-0.2, 0) is 0 Å². The summed E-state index contributed by atoms with van der Waals surface area (Å²) in [5.74, 6) is -0.590. The number of carbonyl (C=O) groups is 1. The summed E-state index contributed by atoms with van der Waals surface area (Å²) in [5.41, 5.74) is 0.125. The van der Waals surface area contributed by atoms with E-state index in [1.54, 1.807) is 11.0 Å². The van der Waals surface area contributed by atoms with E-state index in [0.717, 1.165) is 26.2 Å². The molecule has 2 fully saturated rings. The van der Waals surface area contributed by atoms with E-state index in [9.17, 15) is 9.18 Å². The number of hydrogen-bond acceptors (Lipinski definition) is 3. The Morgan fingerprint density at radius 2 is 2.09 bits per heavy atom. The van der Waals surface area contributed by atoms with Crippen LogP contribution in [0.4, 0.5) is 14.9 Å². The zero-order valence-electron chi connectivity index (χ0n) is 12.3. The van der Waals surface area contributed by atoms with Gasteiger partial charge in [-0.1, -0.05) is 17.7 Å². The first-order chi connectivity index (χ1) is 10.6. The number of amides is 2. The molecule has 1 atom stereocenters. The number of carbonyl (C=O) groups excluding carboxylic acids is 1. The molecule has 2 heterocycles. The molecule has 22 heavy (non-hydrogen) atoms. The smallest absolute Gasteiger partial charge is 0.322 e. The number of rotatable bonds is 2. The number of hydrogen-bond donors (Lipinski definition) is 2. The van der Waals surface area contributed by atoms with Gasteiger partial charge in [-0.15, -0.1) is 0 Å². The number of urea groups is 1. The zero-order valence-corrected chi connectivity index (χ0v) is 13.1. The fourth-order valence-electron chi connectivity index (χ4n) is 3.04. The second-order valence-corrected chi connectivity index (χ2v) is 6.11. The molecular weight excluding hydrogens is 307 g/mol. The van der Waals surface area contributed by atoms with Crippen LogP contribution in [-0.4, -0.2) is 61.1 Å². The summed E-state index contributed by atoms with van der Waals surface area (Å²) in [6, 6.07) is 4.90. The van der Waals surface area contributed by atoms with Gasteiger partial charge in [-0.2, -0.15) is 0 Å². The molecule has 0 bridgehead atoms. The van der Waals surface area contributed by atoms with Gasteiger partial charge in [0.2, 0.25) is 0 Å². The fourth-order valence-corrected chi connectivity index (χ4v) is 3.21. The molecule has 0 spiro atoms. The molecule has 2 N–H and O–H groups in total. The Morgan fingerprint density at radius 3 is 2.77 bits per heavy atom. The number of anilines is 1. The molecule has 2 amide bonds. The predicted molar refractivity (Wildman–Crippen MR) is 84.8 cm³/mol. The van der Waals surface area contributed by atoms with Gasteiger partial charge in [0.1, 0.15) is 0 Å². The quantitative estimate of drug-likeness (QED) is 0.874. The van der Waals surface area contributed by atoms with E-state index in [2.05, 4.69) is 15.5 Å². The Labute approximate surface area is 134 Å². The highest BCUT2D eigenvalue weighted by Gasteiger charge is 2.28. The van der Waals surface area contributed by atoms with Crippen molar-refractivity contribution in [2.24, 2.45) is 0 Å². The van der Waals surface area contributed by atoms with Crippen molar-refractivity contribution in [1.29, 1.82) is 0 Å². The van der Waals surface area contributed by atoms with Crippen LogP contribution in [0.25, 0.3) is 0 Å². The first-order valence-corrected chi connectivity index (χ1v) is 7.97. The number of benzene rings is 1. The Balaban J connectivity index is 1.54. The van der Waals surface area contributed by atoms with Gasteiger partial charge < -0.3 is 15.5 Å². The van der Waals surface area contributed by atoms with Crippen LogP contribution < -0.4 is 10.6 Å². The lowest BCUT2D eigenvalue weighted by molar-refractivity contribution is 0.119. The molecule has 1 aromatic rings. The monoisotopic (exact) mass is 326 g/mol. The van der Waals surface area contributed by atoms with Crippen molar-refractivity contribution in [2.45, 2.75) is 12.5 Å². The van der Waals surface area contributed by atoms with E-state index in [1.807, 2.05) is 0 Å². The van der Waals surface area contributed by atoms with Gasteiger partial charge in [-0.05, 0) is 25.1 Å². The van der Waals surface area contributed by atoms with Crippen molar-refractivity contribution < 1.29 is 9.18 Å². The molecule has 0 radical (unpaired) electrons. The Hall–Kier alpha value is -1.37. The molecule has 2 aliphatic heterocycles. The first kappa shape index (κ1) is 15.5. The minimum atomic E-state index is -0.590. The van der Waals surface area contributed by atoms with Crippen molar-refractivity contribution >= 4 is 23.3 Å². The Morgan fingerprint density at radius 1 is 1.32 bits per heavy atom. The highest BCUT2D eigenvalue weighted by atomic mass is 35.5. The molecule has 1 unspecified atom stereocenters. The molecule has 7 heteroatoms. The number of halogens is 2. The summed E-state index contributed by atoms with van der Waals surface area (Å²) in [5, 5.41) is 5.97. The molecule has 120 valence electrons. The average Bonchev–Trinajstić information content (AvgIpc) is 3.06. The van der Waals surface area contributed by atoms with Gasteiger partial charge in [0, 0.05) is 38.8 Å². The first-order valence-electron chi connectivity index (χ1n) is 7.60. The maximum absolute atomic E-state index is 13.8. The summed E-state index contributed by atoms with van der Waals surface area (Å²) in [6.07, 6.45) is 1.17. The van der Waals surface area contributed by atoms with Crippen LogP contribution in [0.3, 0.4) is 0 Å². The minimum Gasteiger partial charge on any atom is -0.322 e. The summed E-state index contributed by atoms with van der Waals surface area (Å²) in [7, 11) is 0. The Bertz CT molecular complexity index is 542. The standard InChI is InChI=1S/C15H20ClFN4O/c16-12-2-1-3-13(14(12)17)19-15(22)21-8-6-20(7-9-21)11-4-5-18-10-11/h1-3,11,18H,4-10H2,(H,19,22). The molecule has 5 nitrogen and oxygen atoms in total. The molecule has 3 rings (SSSR count). The van der Waals surface area contributed by atoms with E-state index in [0.29, 0.717) is 19.1 Å². The molecule has 0 aromatic heterocycles. The van der Waals surface area contributed by atoms with Crippen LogP contribution in [0.2, 0.25) is 5.02 Å².